The largest absolute Gasteiger partial charge is 0.513 e. The molecule has 0 saturated heterocycles. The molecule has 1 heterocycles. The van der Waals surface area contributed by atoms with Crippen molar-refractivity contribution in [2.45, 2.75) is 0 Å². The molecule has 0 aliphatic carbocycles. The van der Waals surface area contributed by atoms with E-state index in [1.54, 1.807) is 11.1 Å². The summed E-state index contributed by atoms with van der Waals surface area (Å²) in [7, 11) is 0. The quantitative estimate of drug-likeness (QED) is 0.430. The average Bonchev–Trinajstić information content (AvgIpc) is 2.30. The number of esters is 1. The van der Waals surface area contributed by atoms with Crippen LogP contribution in [0.5, 0.6) is 0 Å². The van der Waals surface area contributed by atoms with Crippen LogP contribution >= 0.6 is 0 Å². The molecule has 76 valence electrons. The Morgan fingerprint density at radius 2 is 2.00 bits per heavy atom. The summed E-state index contributed by atoms with van der Waals surface area (Å²) >= 11 is 0. The lowest BCUT2D eigenvalue weighted by Gasteiger charge is -2.23. The van der Waals surface area contributed by atoms with E-state index in [9.17, 15) is 4.79 Å². The van der Waals surface area contributed by atoms with Crippen LogP contribution in [-0.4, -0.2) is 11.1 Å². The van der Waals surface area contributed by atoms with E-state index in [1.165, 1.54) is 6.26 Å². The van der Waals surface area contributed by atoms with Crippen LogP contribution in [0.25, 0.3) is 0 Å². The van der Waals surface area contributed by atoms with Crippen LogP contribution in [0.3, 0.4) is 0 Å². The summed E-state index contributed by atoms with van der Waals surface area (Å²) in [4.78, 5) is 12.8. The Bertz CT molecular complexity index is 423. The zero-order valence-electron chi connectivity index (χ0n) is 7.83. The normalized spacial score (nSPS) is 18.0. The third-order valence-corrected chi connectivity index (χ3v) is 2.01. The fourth-order valence-electron chi connectivity index (χ4n) is 1.32. The molecule has 0 radical (unpaired) electrons. The van der Waals surface area contributed by atoms with Crippen LogP contribution in [0.1, 0.15) is 0 Å². The Kier molecular flexibility index (Phi) is 2.41. The van der Waals surface area contributed by atoms with Gasteiger partial charge in [0.2, 0.25) is 0 Å². The van der Waals surface area contributed by atoms with Crippen LogP contribution in [0.15, 0.2) is 54.8 Å². The van der Waals surface area contributed by atoms with Gasteiger partial charge in [0.25, 0.3) is 0 Å². The molecule has 2 rings (SSSR count). The number of para-hydroxylation sites is 1. The van der Waals surface area contributed by atoms with Crippen molar-refractivity contribution in [3.8, 4) is 0 Å². The second-order valence-corrected chi connectivity index (χ2v) is 2.91. The predicted molar refractivity (Wildman–Crippen MR) is 54.9 cm³/mol. The number of cyclic esters (lactones) is 1. The molecule has 0 spiro atoms. The second kappa shape index (κ2) is 3.88. The van der Waals surface area contributed by atoms with E-state index in [4.69, 9.17) is 5.11 Å². The summed E-state index contributed by atoms with van der Waals surface area (Å²) in [6.45, 7) is 0. The van der Waals surface area contributed by atoms with E-state index in [2.05, 4.69) is 4.74 Å². The molecule has 15 heavy (non-hydrogen) atoms. The van der Waals surface area contributed by atoms with Gasteiger partial charge in [-0.05, 0) is 12.1 Å². The van der Waals surface area contributed by atoms with Gasteiger partial charge in [-0.3, -0.25) is 0 Å². The maximum absolute atomic E-state index is 11.3. The lowest BCUT2D eigenvalue weighted by Crippen LogP contribution is -2.26. The van der Waals surface area contributed by atoms with E-state index in [0.29, 0.717) is 0 Å². The number of carbonyl (C=O) groups excluding carboxylic acids is 1. The summed E-state index contributed by atoms with van der Waals surface area (Å²) in [5.41, 5.74) is 0.870. The van der Waals surface area contributed by atoms with Crippen LogP contribution in [0, 0.1) is 0 Å². The van der Waals surface area contributed by atoms with Crippen molar-refractivity contribution in [2.75, 3.05) is 4.90 Å². The van der Waals surface area contributed by atoms with Gasteiger partial charge >= 0.3 is 5.97 Å². The van der Waals surface area contributed by atoms with Crippen molar-refractivity contribution in [1.82, 2.24) is 0 Å². The maximum Gasteiger partial charge on any atom is 0.363 e. The van der Waals surface area contributed by atoms with Crippen LogP contribution in [0.4, 0.5) is 5.69 Å². The third-order valence-electron chi connectivity index (χ3n) is 2.01. The highest BCUT2D eigenvalue weighted by atomic mass is 16.5. The van der Waals surface area contributed by atoms with E-state index in [1.807, 2.05) is 30.3 Å². The predicted octanol–water partition coefficient (Wildman–Crippen LogP) is 1.92. The fourth-order valence-corrected chi connectivity index (χ4v) is 1.32. The van der Waals surface area contributed by atoms with Crippen molar-refractivity contribution >= 4 is 11.7 Å². The van der Waals surface area contributed by atoms with E-state index >= 15 is 0 Å². The summed E-state index contributed by atoms with van der Waals surface area (Å²) < 4.78 is 4.64. The van der Waals surface area contributed by atoms with Crippen molar-refractivity contribution in [3.05, 3.63) is 54.8 Å². The van der Waals surface area contributed by atoms with E-state index in [-0.39, 0.29) is 5.70 Å². The highest BCUT2D eigenvalue weighted by Crippen LogP contribution is 2.22. The first-order valence-electron chi connectivity index (χ1n) is 4.39. The summed E-state index contributed by atoms with van der Waals surface area (Å²) in [5.74, 6) is -0.580. The van der Waals surface area contributed by atoms with Crippen LogP contribution < -0.4 is 4.90 Å². The Hall–Kier alpha value is -2.23. The smallest absolute Gasteiger partial charge is 0.363 e. The number of nitrogens with zero attached hydrogens (tertiary/aromatic N) is 1. The van der Waals surface area contributed by atoms with Gasteiger partial charge in [0.15, 0.2) is 5.70 Å². The summed E-state index contributed by atoms with van der Waals surface area (Å²) in [6.07, 6.45) is 3.58. The van der Waals surface area contributed by atoms with Crippen molar-refractivity contribution in [2.24, 2.45) is 0 Å². The monoisotopic (exact) mass is 203 g/mol. The molecule has 1 aliphatic rings. The molecule has 1 aliphatic heterocycles. The van der Waals surface area contributed by atoms with Gasteiger partial charge in [0.05, 0.1) is 0 Å². The molecular weight excluding hydrogens is 194 g/mol. The number of aliphatic hydroxyl groups is 1. The lowest BCUT2D eigenvalue weighted by atomic mass is 10.2. The summed E-state index contributed by atoms with van der Waals surface area (Å²) in [6, 6.07) is 9.22. The number of anilines is 1. The van der Waals surface area contributed by atoms with Gasteiger partial charge in [-0.25, -0.2) is 4.79 Å². The van der Waals surface area contributed by atoms with E-state index in [0.717, 1.165) is 11.9 Å². The Morgan fingerprint density at radius 1 is 1.27 bits per heavy atom. The molecule has 0 amide bonds. The second-order valence-electron chi connectivity index (χ2n) is 2.91. The molecule has 1 aromatic carbocycles. The topological polar surface area (TPSA) is 49.8 Å². The molecule has 1 N–H and O–H groups in total. The molecule has 4 nitrogen and oxygen atoms in total. The minimum absolute atomic E-state index is 0.0868. The average molecular weight is 203 g/mol. The molecule has 0 saturated carbocycles. The van der Waals surface area contributed by atoms with Gasteiger partial charge in [-0.1, -0.05) is 18.2 Å². The Balaban J connectivity index is 2.40. The zero-order chi connectivity index (χ0) is 10.7. The molecule has 0 atom stereocenters. The molecule has 1 aromatic rings. The van der Waals surface area contributed by atoms with Gasteiger partial charge in [-0.15, -0.1) is 0 Å². The maximum atomic E-state index is 11.3. The minimum Gasteiger partial charge on any atom is -0.513 e. The molecular formula is C11H9NO3. The molecule has 4 heteroatoms. The van der Waals surface area contributed by atoms with E-state index < -0.39 is 5.97 Å². The fraction of sp³-hybridized carbons (Fsp3) is 0. The third kappa shape index (κ3) is 1.69. The standard InChI is InChI=1S/C11H9NO3/c13-8-10-11(14)15-7-6-12(10)9-4-2-1-3-5-9/h1-8,13H. The number of hydrogen-bond donors (Lipinski definition) is 1. The van der Waals surface area contributed by atoms with Crippen molar-refractivity contribution < 1.29 is 14.6 Å². The van der Waals surface area contributed by atoms with Crippen molar-refractivity contribution in [3.63, 3.8) is 0 Å². The Labute approximate surface area is 86.7 Å². The molecule has 0 fully saturated rings. The zero-order valence-corrected chi connectivity index (χ0v) is 7.83. The van der Waals surface area contributed by atoms with Gasteiger partial charge < -0.3 is 14.7 Å². The number of rotatable bonds is 1. The van der Waals surface area contributed by atoms with Gasteiger partial charge in [-0.2, -0.15) is 0 Å². The number of carbonyl (C=O) groups is 1. The molecule has 0 unspecified atom stereocenters. The number of hydrogen-bond acceptors (Lipinski definition) is 4. The minimum atomic E-state index is -0.580. The number of benzene rings is 1. The highest BCUT2D eigenvalue weighted by Gasteiger charge is 2.22. The molecule has 0 aromatic heterocycles. The highest BCUT2D eigenvalue weighted by molar-refractivity contribution is 5.94. The number of ether oxygens (including phenoxy) is 1. The lowest BCUT2D eigenvalue weighted by molar-refractivity contribution is -0.134. The van der Waals surface area contributed by atoms with Crippen LogP contribution in [0.2, 0.25) is 0 Å². The molecule has 0 bridgehead atoms. The summed E-state index contributed by atoms with van der Waals surface area (Å²) in [5, 5.41) is 8.95. The SMILES string of the molecule is O=C1OC=CN(c2ccccc2)C1=CO. The first-order chi connectivity index (χ1) is 7.33. The first kappa shape index (κ1) is 9.33. The van der Waals surface area contributed by atoms with Crippen molar-refractivity contribution in [1.29, 1.82) is 0 Å². The van der Waals surface area contributed by atoms with Gasteiger partial charge in [0.1, 0.15) is 12.5 Å². The van der Waals surface area contributed by atoms with Gasteiger partial charge in [0, 0.05) is 11.9 Å². The first-order valence-corrected chi connectivity index (χ1v) is 4.39. The number of aliphatic hydroxyl groups excluding tert-OH is 1. The Morgan fingerprint density at radius 3 is 2.67 bits per heavy atom. The van der Waals surface area contributed by atoms with Crippen LogP contribution in [-0.2, 0) is 9.53 Å².